The average molecular weight is 249 g/mol. The number of hydrogen-bond donors (Lipinski definition) is 1. The highest BCUT2D eigenvalue weighted by Crippen LogP contribution is 2.38. The van der Waals surface area contributed by atoms with Crippen LogP contribution in [0.3, 0.4) is 0 Å². The van der Waals surface area contributed by atoms with Crippen LogP contribution in [0.1, 0.15) is 45.6 Å². The van der Waals surface area contributed by atoms with Crippen molar-refractivity contribution in [2.45, 2.75) is 59.5 Å². The lowest BCUT2D eigenvalue weighted by Crippen LogP contribution is -2.41. The first-order valence-corrected chi connectivity index (χ1v) is 7.17. The van der Waals surface area contributed by atoms with Gasteiger partial charge in [0.2, 0.25) is 0 Å². The van der Waals surface area contributed by atoms with Gasteiger partial charge in [-0.1, -0.05) is 20.8 Å². The Kier molecular flexibility index (Phi) is 4.10. The minimum Gasteiger partial charge on any atom is -0.312 e. The number of hydrogen-bond acceptors (Lipinski definition) is 2. The smallest absolute Gasteiger partial charge is 0.0534 e. The summed E-state index contributed by atoms with van der Waals surface area (Å²) in [6, 6.07) is 0.681. The Morgan fingerprint density at radius 1 is 1.44 bits per heavy atom. The summed E-state index contributed by atoms with van der Waals surface area (Å²) in [7, 11) is 0. The molecule has 0 amide bonds. The molecule has 1 aliphatic carbocycles. The van der Waals surface area contributed by atoms with E-state index in [9.17, 15) is 0 Å². The molecular weight excluding hydrogens is 222 g/mol. The molecular formula is C15H27N3. The summed E-state index contributed by atoms with van der Waals surface area (Å²) in [5.41, 5.74) is 1.74. The van der Waals surface area contributed by atoms with Crippen molar-refractivity contribution in [2.24, 2.45) is 11.3 Å². The highest BCUT2D eigenvalue weighted by molar-refractivity contribution is 4.99. The highest BCUT2D eigenvalue weighted by Gasteiger charge is 2.31. The first kappa shape index (κ1) is 13.6. The molecule has 1 heterocycles. The second-order valence-electron chi connectivity index (χ2n) is 6.85. The molecule has 1 aliphatic rings. The van der Waals surface area contributed by atoms with Gasteiger partial charge in [-0.15, -0.1) is 0 Å². The van der Waals surface area contributed by atoms with Crippen LogP contribution < -0.4 is 5.32 Å². The number of nitrogens with zero attached hydrogens (tertiary/aromatic N) is 2. The maximum atomic E-state index is 4.32. The van der Waals surface area contributed by atoms with Crippen molar-refractivity contribution >= 4 is 0 Å². The first-order valence-electron chi connectivity index (χ1n) is 7.17. The standard InChI is InChI=1S/C15H27N3/c1-12-7-14(9-15(3,4)8-12)16-5-6-18-11-13(2)10-17-18/h10-12,14,16H,5-9H2,1-4H3. The molecule has 3 heteroatoms. The van der Waals surface area contributed by atoms with Crippen molar-refractivity contribution in [1.29, 1.82) is 0 Å². The van der Waals surface area contributed by atoms with Gasteiger partial charge in [-0.05, 0) is 43.1 Å². The van der Waals surface area contributed by atoms with Crippen LogP contribution in [-0.2, 0) is 6.54 Å². The third kappa shape index (κ3) is 3.84. The van der Waals surface area contributed by atoms with E-state index >= 15 is 0 Å². The quantitative estimate of drug-likeness (QED) is 0.889. The first-order chi connectivity index (χ1) is 8.44. The van der Waals surface area contributed by atoms with Gasteiger partial charge in [-0.2, -0.15) is 5.10 Å². The fourth-order valence-corrected chi connectivity index (χ4v) is 3.47. The van der Waals surface area contributed by atoms with Crippen molar-refractivity contribution in [3.63, 3.8) is 0 Å². The van der Waals surface area contributed by atoms with Gasteiger partial charge in [0.25, 0.3) is 0 Å². The molecule has 1 saturated carbocycles. The van der Waals surface area contributed by atoms with Gasteiger partial charge in [0, 0.05) is 18.8 Å². The van der Waals surface area contributed by atoms with Gasteiger partial charge in [0.15, 0.2) is 0 Å². The van der Waals surface area contributed by atoms with Crippen LogP contribution in [0.2, 0.25) is 0 Å². The van der Waals surface area contributed by atoms with Gasteiger partial charge < -0.3 is 5.32 Å². The molecule has 2 atom stereocenters. The lowest BCUT2D eigenvalue weighted by molar-refractivity contribution is 0.151. The number of aromatic nitrogens is 2. The third-order valence-electron chi connectivity index (χ3n) is 3.92. The minimum absolute atomic E-state index is 0.498. The molecule has 2 unspecified atom stereocenters. The molecule has 0 radical (unpaired) electrons. The van der Waals surface area contributed by atoms with Crippen LogP contribution in [0.4, 0.5) is 0 Å². The molecule has 1 fully saturated rings. The predicted molar refractivity (Wildman–Crippen MR) is 75.6 cm³/mol. The Balaban J connectivity index is 1.76. The van der Waals surface area contributed by atoms with Crippen molar-refractivity contribution in [3.05, 3.63) is 18.0 Å². The fraction of sp³-hybridized carbons (Fsp3) is 0.800. The molecule has 102 valence electrons. The van der Waals surface area contributed by atoms with E-state index in [0.717, 1.165) is 19.0 Å². The topological polar surface area (TPSA) is 29.9 Å². The SMILES string of the molecule is Cc1cnn(CCNC2CC(C)CC(C)(C)C2)c1. The molecule has 3 nitrogen and oxygen atoms in total. The van der Waals surface area contributed by atoms with Crippen LogP contribution in [0, 0.1) is 18.3 Å². The van der Waals surface area contributed by atoms with Crippen molar-refractivity contribution < 1.29 is 0 Å². The van der Waals surface area contributed by atoms with E-state index in [2.05, 4.69) is 44.3 Å². The van der Waals surface area contributed by atoms with Gasteiger partial charge in [0.1, 0.15) is 0 Å². The van der Waals surface area contributed by atoms with Crippen LogP contribution in [0.5, 0.6) is 0 Å². The summed E-state index contributed by atoms with van der Waals surface area (Å²) in [6.45, 7) is 11.3. The Hall–Kier alpha value is -0.830. The second-order valence-corrected chi connectivity index (χ2v) is 6.85. The molecule has 0 bridgehead atoms. The van der Waals surface area contributed by atoms with E-state index in [4.69, 9.17) is 0 Å². The summed E-state index contributed by atoms with van der Waals surface area (Å²) < 4.78 is 2.03. The molecule has 0 aliphatic heterocycles. The van der Waals surface area contributed by atoms with Crippen molar-refractivity contribution in [2.75, 3.05) is 6.54 Å². The van der Waals surface area contributed by atoms with E-state index in [1.165, 1.54) is 24.8 Å². The zero-order valence-electron chi connectivity index (χ0n) is 12.2. The van der Waals surface area contributed by atoms with Gasteiger partial charge in [0.05, 0.1) is 12.7 Å². The van der Waals surface area contributed by atoms with E-state index in [0.29, 0.717) is 11.5 Å². The zero-order chi connectivity index (χ0) is 13.2. The number of rotatable bonds is 4. The molecule has 18 heavy (non-hydrogen) atoms. The summed E-state index contributed by atoms with van der Waals surface area (Å²) in [5, 5.41) is 8.02. The molecule has 0 aromatic carbocycles. The second kappa shape index (κ2) is 5.43. The van der Waals surface area contributed by atoms with E-state index in [1.807, 2.05) is 10.9 Å². The molecule has 1 aromatic heterocycles. The monoisotopic (exact) mass is 249 g/mol. The number of nitrogens with one attached hydrogen (secondary N) is 1. The van der Waals surface area contributed by atoms with Crippen LogP contribution in [0.15, 0.2) is 12.4 Å². The molecule has 1 N–H and O–H groups in total. The zero-order valence-corrected chi connectivity index (χ0v) is 12.2. The van der Waals surface area contributed by atoms with Gasteiger partial charge in [-0.3, -0.25) is 4.68 Å². The summed E-state index contributed by atoms with van der Waals surface area (Å²) in [5.74, 6) is 0.846. The fourth-order valence-electron chi connectivity index (χ4n) is 3.47. The molecule has 0 saturated heterocycles. The maximum absolute atomic E-state index is 4.32. The lowest BCUT2D eigenvalue weighted by Gasteiger charge is -2.39. The maximum Gasteiger partial charge on any atom is 0.0534 e. The molecule has 0 spiro atoms. The van der Waals surface area contributed by atoms with E-state index in [1.54, 1.807) is 0 Å². The van der Waals surface area contributed by atoms with Crippen molar-refractivity contribution in [1.82, 2.24) is 15.1 Å². The Morgan fingerprint density at radius 2 is 2.22 bits per heavy atom. The highest BCUT2D eigenvalue weighted by atomic mass is 15.3. The van der Waals surface area contributed by atoms with Gasteiger partial charge in [-0.25, -0.2) is 0 Å². The summed E-state index contributed by atoms with van der Waals surface area (Å²) >= 11 is 0. The summed E-state index contributed by atoms with van der Waals surface area (Å²) in [6.07, 6.45) is 8.02. The van der Waals surface area contributed by atoms with E-state index in [-0.39, 0.29) is 0 Å². The third-order valence-corrected chi connectivity index (χ3v) is 3.92. The normalized spacial score (nSPS) is 27.3. The minimum atomic E-state index is 0.498. The van der Waals surface area contributed by atoms with E-state index < -0.39 is 0 Å². The molecule has 1 aromatic rings. The van der Waals surface area contributed by atoms with Crippen molar-refractivity contribution in [3.8, 4) is 0 Å². The van der Waals surface area contributed by atoms with Gasteiger partial charge >= 0.3 is 0 Å². The lowest BCUT2D eigenvalue weighted by atomic mass is 9.70. The van der Waals surface area contributed by atoms with Crippen LogP contribution >= 0.6 is 0 Å². The van der Waals surface area contributed by atoms with Crippen LogP contribution in [0.25, 0.3) is 0 Å². The van der Waals surface area contributed by atoms with Crippen LogP contribution in [-0.4, -0.2) is 22.4 Å². The largest absolute Gasteiger partial charge is 0.312 e. The Bertz CT molecular complexity index is 381. The summed E-state index contributed by atoms with van der Waals surface area (Å²) in [4.78, 5) is 0. The predicted octanol–water partition coefficient (Wildman–Crippen LogP) is 3.00. The Labute approximate surface area is 111 Å². The number of aryl methyl sites for hydroxylation is 1. The average Bonchev–Trinajstić information content (AvgIpc) is 2.61. The Morgan fingerprint density at radius 3 is 2.83 bits per heavy atom. The molecule has 2 rings (SSSR count).